The number of hydrogen-bond acceptors (Lipinski definition) is 14. The third kappa shape index (κ3) is 21.6. The van der Waals surface area contributed by atoms with Gasteiger partial charge in [0.15, 0.2) is 0 Å². The highest BCUT2D eigenvalue weighted by molar-refractivity contribution is 7.89. The van der Waals surface area contributed by atoms with E-state index >= 15 is 0 Å². The van der Waals surface area contributed by atoms with Gasteiger partial charge >= 0.3 is 12.1 Å². The van der Waals surface area contributed by atoms with Gasteiger partial charge in [-0.15, -0.1) is 0 Å². The lowest BCUT2D eigenvalue weighted by Gasteiger charge is -2.40. The summed E-state index contributed by atoms with van der Waals surface area (Å²) < 4.78 is 34.6. The lowest BCUT2D eigenvalue weighted by atomic mass is 9.76. The van der Waals surface area contributed by atoms with Crippen molar-refractivity contribution in [1.29, 1.82) is 0 Å². The molecule has 10 N–H and O–H groups in total. The number of unbranched alkanes of at least 4 members (excludes halogenated alkanes) is 2. The number of nitrogens with one attached hydrogen (secondary N) is 8. The molecule has 24 nitrogen and oxygen atoms in total. The van der Waals surface area contributed by atoms with E-state index in [-0.39, 0.29) is 85.9 Å². The average Bonchev–Trinajstić information content (AvgIpc) is 1.68. The molecule has 2 aliphatic rings. The number of ether oxygens (including phenoxy) is 1. The minimum atomic E-state index is -4.23. The fraction of sp³-hybridized carbons (Fsp3) is 0.515. The molecule has 0 bridgehead atoms. The van der Waals surface area contributed by atoms with Crippen LogP contribution in [0.4, 0.5) is 15.3 Å². The molecule has 3 aromatic carbocycles. The van der Waals surface area contributed by atoms with E-state index in [0.29, 0.717) is 48.9 Å². The van der Waals surface area contributed by atoms with E-state index in [1.165, 1.54) is 24.0 Å². The van der Waals surface area contributed by atoms with Crippen LogP contribution in [-0.2, 0) is 76.4 Å². The first-order valence-electron chi connectivity index (χ1n) is 30.8. The van der Waals surface area contributed by atoms with Crippen LogP contribution in [-0.4, -0.2) is 135 Å². The summed E-state index contributed by atoms with van der Waals surface area (Å²) in [5.41, 5.74) is 6.15. The van der Waals surface area contributed by atoms with Crippen LogP contribution in [0.1, 0.15) is 143 Å². The Morgan fingerprint density at radius 1 is 0.747 bits per heavy atom. The highest BCUT2D eigenvalue weighted by Gasteiger charge is 2.46. The van der Waals surface area contributed by atoms with Gasteiger partial charge in [-0.3, -0.25) is 43.3 Å². The Morgan fingerprint density at radius 2 is 1.36 bits per heavy atom. The van der Waals surface area contributed by atoms with Crippen LogP contribution >= 0.6 is 0 Å². The summed E-state index contributed by atoms with van der Waals surface area (Å²) in [4.78, 5) is 133. The molecule has 91 heavy (non-hydrogen) atoms. The zero-order valence-corrected chi connectivity index (χ0v) is 55.3. The van der Waals surface area contributed by atoms with Crippen molar-refractivity contribution in [3.05, 3.63) is 125 Å². The van der Waals surface area contributed by atoms with E-state index < -0.39 is 92.2 Å². The van der Waals surface area contributed by atoms with Crippen molar-refractivity contribution < 1.29 is 61.1 Å². The van der Waals surface area contributed by atoms with Crippen molar-refractivity contribution in [2.45, 2.75) is 174 Å². The molecule has 25 heteroatoms. The molecule has 1 saturated carbocycles. The second kappa shape index (κ2) is 32.5. The molecule has 2 unspecified atom stereocenters. The van der Waals surface area contributed by atoms with Crippen LogP contribution in [0, 0.1) is 17.3 Å². The van der Waals surface area contributed by atoms with E-state index in [0.717, 1.165) is 16.0 Å². The first kappa shape index (κ1) is 73.3. The lowest BCUT2D eigenvalue weighted by Crippen LogP contribution is -2.61. The van der Waals surface area contributed by atoms with Crippen LogP contribution in [0.25, 0.3) is 0 Å². The van der Waals surface area contributed by atoms with Crippen molar-refractivity contribution in [1.82, 2.24) is 46.4 Å². The number of urea groups is 1. The number of likely N-dealkylation sites (N-methyl/N-ethyl adjacent to an activating group) is 2. The quantitative estimate of drug-likeness (QED) is 0.0205. The van der Waals surface area contributed by atoms with Crippen molar-refractivity contribution in [3.8, 4) is 0 Å². The smallest absolute Gasteiger partial charge is 0.408 e. The van der Waals surface area contributed by atoms with Crippen LogP contribution in [0.3, 0.4) is 0 Å². The van der Waals surface area contributed by atoms with E-state index in [4.69, 9.17) is 10.5 Å². The standard InChI is InChI=1S/C66H93N11O13S/c1-41(2)50(76(12)61(85)56(64(6,7)8)73-60(84)55(68-11)65(9,10)46-20-15-13-16-21-46)38-43(5)57(81)75-91(88,89)40-45-24-28-47(29-25-45)66(34-35-66)74-63(87)90-39-44-26-30-48(31-27-44)70-58(82)49(22-19-36-69-62(67)86)71-59(83)54(42(3)4)72-51(78)23-17-14-18-37-77-52(79)32-33-53(77)80/h13,15-16,20-21,24-33,38,41-42,49-50,54-56,68H,14,17-19,22-23,34-37,39-40H2,1-12H3,(H,70,82)(H,71,83)(H,72,78)(H,73,84)(H,74,87)(H,75,81)(H3,67,69,86)/b43-38+/t49-,50-,54?,55-,56?/m1/s1. The summed E-state index contributed by atoms with van der Waals surface area (Å²) in [6, 6.07) is 17.6. The Kier molecular flexibility index (Phi) is 26.2. The van der Waals surface area contributed by atoms with Gasteiger partial charge < -0.3 is 52.6 Å². The summed E-state index contributed by atoms with van der Waals surface area (Å²) in [7, 11) is -0.929. The highest BCUT2D eigenvalue weighted by Crippen LogP contribution is 2.45. The van der Waals surface area contributed by atoms with Crippen LogP contribution in [0.2, 0.25) is 0 Å². The second-order valence-electron chi connectivity index (χ2n) is 25.8. The molecule has 1 fully saturated rings. The number of nitrogens with two attached hydrogens (primary N) is 1. The molecule has 1 heterocycles. The first-order valence-corrected chi connectivity index (χ1v) is 32.5. The lowest BCUT2D eigenvalue weighted by molar-refractivity contribution is -0.141. The number of sulfonamides is 1. The Balaban J connectivity index is 1.11. The number of rotatable bonds is 33. The monoisotopic (exact) mass is 1280 g/mol. The van der Waals surface area contributed by atoms with Gasteiger partial charge in [-0.25, -0.2) is 22.7 Å². The van der Waals surface area contributed by atoms with Crippen molar-refractivity contribution in [3.63, 3.8) is 0 Å². The fourth-order valence-corrected chi connectivity index (χ4v) is 11.8. The number of carbonyl (C=O) groups is 10. The average molecular weight is 1280 g/mol. The normalized spacial score (nSPS) is 15.6. The molecule has 1 aliphatic carbocycles. The van der Waals surface area contributed by atoms with Gasteiger partial charge in [-0.2, -0.15) is 0 Å². The van der Waals surface area contributed by atoms with Gasteiger partial charge in [-0.05, 0) is 104 Å². The molecule has 496 valence electrons. The van der Waals surface area contributed by atoms with Crippen molar-refractivity contribution >= 4 is 75.1 Å². The molecule has 0 aromatic heterocycles. The third-order valence-electron chi connectivity index (χ3n) is 16.3. The minimum Gasteiger partial charge on any atom is -0.445 e. The molecule has 3 aromatic rings. The Hall–Kier alpha value is -8.45. The molecule has 5 atom stereocenters. The van der Waals surface area contributed by atoms with Crippen molar-refractivity contribution in [2.24, 2.45) is 23.0 Å². The molecular formula is C66H93N11O13S. The van der Waals surface area contributed by atoms with Gasteiger partial charge in [0, 0.05) is 55.4 Å². The van der Waals surface area contributed by atoms with Crippen LogP contribution in [0.5, 0.6) is 0 Å². The first-order chi connectivity index (χ1) is 42.7. The number of alkyl carbamates (subject to hydrolysis) is 1. The van der Waals surface area contributed by atoms with Gasteiger partial charge in [0.2, 0.25) is 39.6 Å². The largest absolute Gasteiger partial charge is 0.445 e. The predicted octanol–water partition coefficient (Wildman–Crippen LogP) is 5.57. The predicted molar refractivity (Wildman–Crippen MR) is 345 cm³/mol. The summed E-state index contributed by atoms with van der Waals surface area (Å²) in [5, 5.41) is 19.8. The number of hydrogen-bond donors (Lipinski definition) is 9. The molecule has 0 spiro atoms. The van der Waals surface area contributed by atoms with E-state index in [2.05, 4.69) is 41.9 Å². The van der Waals surface area contributed by atoms with E-state index in [9.17, 15) is 56.4 Å². The topological polar surface area (TPSA) is 343 Å². The zero-order chi connectivity index (χ0) is 67.6. The fourth-order valence-electron chi connectivity index (χ4n) is 10.7. The summed E-state index contributed by atoms with van der Waals surface area (Å²) in [6.45, 7) is 18.4. The van der Waals surface area contributed by atoms with Gasteiger partial charge in [-0.1, -0.05) is 142 Å². The van der Waals surface area contributed by atoms with E-state index in [1.807, 2.05) is 78.8 Å². The van der Waals surface area contributed by atoms with Gasteiger partial charge in [0.25, 0.3) is 17.7 Å². The SMILES string of the molecule is CN[C@H](C(=O)NC(C(=O)N(C)[C@H](/C=C(\C)C(=O)NS(=O)(=O)Cc1ccc(C2(NC(=O)OCc3ccc(NC(=O)[C@@H](CCCNC(N)=O)NC(=O)C(NC(=O)CCCCCN4C(=O)C=CC4=O)C(C)C)cc3)CC2)cc1)C(C)C)C(C)(C)C)C(C)(C)c1ccccc1. The maximum Gasteiger partial charge on any atom is 0.408 e. The molecule has 0 saturated heterocycles. The number of primary amides is 1. The molecule has 5 rings (SSSR count). The molecule has 1 aliphatic heterocycles. The molecule has 0 radical (unpaired) electrons. The van der Waals surface area contributed by atoms with E-state index in [1.54, 1.807) is 82.5 Å². The number of anilines is 1. The number of carbonyl (C=O) groups excluding carboxylic acids is 10. The summed E-state index contributed by atoms with van der Waals surface area (Å²) in [6.07, 6.45) is 6.46. The van der Waals surface area contributed by atoms with Crippen LogP contribution in [0.15, 0.2) is 103 Å². The number of imide groups is 1. The number of nitrogens with zero attached hydrogens (tertiary/aromatic N) is 2. The Bertz CT molecular complexity index is 3250. The third-order valence-corrected chi connectivity index (χ3v) is 17.5. The number of benzene rings is 3. The zero-order valence-electron chi connectivity index (χ0n) is 54.5. The maximum absolute atomic E-state index is 14.4. The molecule has 11 amide bonds. The van der Waals surface area contributed by atoms with Gasteiger partial charge in [0.1, 0.15) is 24.7 Å². The summed E-state index contributed by atoms with van der Waals surface area (Å²) >= 11 is 0. The highest BCUT2D eigenvalue weighted by atomic mass is 32.2. The number of amides is 11. The Labute approximate surface area is 534 Å². The molecular weight excluding hydrogens is 1190 g/mol. The van der Waals surface area contributed by atoms with Gasteiger partial charge in [0.05, 0.1) is 23.4 Å². The second-order valence-corrected chi connectivity index (χ2v) is 27.5. The van der Waals surface area contributed by atoms with Crippen molar-refractivity contribution in [2.75, 3.05) is 32.5 Å². The maximum atomic E-state index is 14.4. The Morgan fingerprint density at radius 3 is 1.92 bits per heavy atom. The minimum absolute atomic E-state index is 0.0676. The van der Waals surface area contributed by atoms with Crippen LogP contribution < -0.4 is 47.7 Å². The summed E-state index contributed by atoms with van der Waals surface area (Å²) in [5.74, 6) is -5.01.